The molecule has 0 radical (unpaired) electrons. The molecular weight excluding hydrogens is 258 g/mol. The van der Waals surface area contributed by atoms with E-state index in [-0.39, 0.29) is 17.1 Å². The third-order valence-electron chi connectivity index (χ3n) is 2.67. The zero-order valence-electron chi connectivity index (χ0n) is 12.5. The normalized spacial score (nSPS) is 12.7. The molecule has 1 atom stereocenters. The molecule has 20 heavy (non-hydrogen) atoms. The summed E-state index contributed by atoms with van der Waals surface area (Å²) in [6, 6.07) is 4.28. The van der Waals surface area contributed by atoms with Gasteiger partial charge in [0.05, 0.1) is 4.92 Å². The number of nitro benzene ring substituents is 1. The molecule has 1 aromatic carbocycles. The van der Waals surface area contributed by atoms with E-state index in [4.69, 9.17) is 0 Å². The SMILES string of the molecule is Cc1cc(N[C@@H](C)C(=O)NC(C)(C)C)ccc1[N+](=O)[O-]. The maximum Gasteiger partial charge on any atom is 0.272 e. The lowest BCUT2D eigenvalue weighted by atomic mass is 10.1. The lowest BCUT2D eigenvalue weighted by Crippen LogP contribution is -2.47. The fourth-order valence-corrected chi connectivity index (χ4v) is 1.74. The molecule has 1 amide bonds. The van der Waals surface area contributed by atoms with Crippen LogP contribution in [0.25, 0.3) is 0 Å². The topological polar surface area (TPSA) is 84.3 Å². The zero-order chi connectivity index (χ0) is 15.5. The molecule has 1 aromatic rings. The maximum absolute atomic E-state index is 11.9. The van der Waals surface area contributed by atoms with Crippen LogP contribution in [0.5, 0.6) is 0 Å². The van der Waals surface area contributed by atoms with Crippen molar-refractivity contribution in [1.29, 1.82) is 0 Å². The average molecular weight is 279 g/mol. The number of nitro groups is 1. The van der Waals surface area contributed by atoms with Crippen molar-refractivity contribution in [2.24, 2.45) is 0 Å². The average Bonchev–Trinajstić information content (AvgIpc) is 2.26. The predicted octanol–water partition coefficient (Wildman–Crippen LogP) is 2.62. The van der Waals surface area contributed by atoms with Gasteiger partial charge in [-0.2, -0.15) is 0 Å². The van der Waals surface area contributed by atoms with E-state index >= 15 is 0 Å². The Balaban J connectivity index is 2.76. The molecule has 110 valence electrons. The summed E-state index contributed by atoms with van der Waals surface area (Å²) in [7, 11) is 0. The molecule has 6 heteroatoms. The Morgan fingerprint density at radius 1 is 1.35 bits per heavy atom. The lowest BCUT2D eigenvalue weighted by Gasteiger charge is -2.24. The molecule has 0 saturated heterocycles. The summed E-state index contributed by atoms with van der Waals surface area (Å²) in [4.78, 5) is 22.3. The molecule has 2 N–H and O–H groups in total. The molecule has 0 unspecified atom stereocenters. The van der Waals surface area contributed by atoms with Gasteiger partial charge < -0.3 is 10.6 Å². The molecule has 0 heterocycles. The second-order valence-corrected chi connectivity index (χ2v) is 5.86. The van der Waals surface area contributed by atoms with Crippen molar-refractivity contribution in [2.45, 2.75) is 46.2 Å². The van der Waals surface area contributed by atoms with Gasteiger partial charge in [-0.3, -0.25) is 14.9 Å². The van der Waals surface area contributed by atoms with Crippen LogP contribution in [0, 0.1) is 17.0 Å². The number of benzene rings is 1. The minimum atomic E-state index is -0.422. The van der Waals surface area contributed by atoms with Crippen LogP contribution in [-0.4, -0.2) is 22.4 Å². The van der Waals surface area contributed by atoms with Crippen LogP contribution >= 0.6 is 0 Å². The van der Waals surface area contributed by atoms with E-state index in [9.17, 15) is 14.9 Å². The highest BCUT2D eigenvalue weighted by molar-refractivity contribution is 5.84. The van der Waals surface area contributed by atoms with E-state index in [1.165, 1.54) is 6.07 Å². The second kappa shape index (κ2) is 5.90. The highest BCUT2D eigenvalue weighted by Gasteiger charge is 2.19. The van der Waals surface area contributed by atoms with E-state index in [2.05, 4.69) is 10.6 Å². The predicted molar refractivity (Wildman–Crippen MR) is 78.8 cm³/mol. The number of rotatable bonds is 4. The largest absolute Gasteiger partial charge is 0.374 e. The zero-order valence-corrected chi connectivity index (χ0v) is 12.5. The molecule has 0 aromatic heterocycles. The highest BCUT2D eigenvalue weighted by atomic mass is 16.6. The molecule has 0 saturated carbocycles. The monoisotopic (exact) mass is 279 g/mol. The summed E-state index contributed by atoms with van der Waals surface area (Å²) in [6.07, 6.45) is 0. The van der Waals surface area contributed by atoms with Crippen molar-refractivity contribution in [1.82, 2.24) is 5.32 Å². The fourth-order valence-electron chi connectivity index (χ4n) is 1.74. The number of carbonyl (C=O) groups is 1. The first-order valence-electron chi connectivity index (χ1n) is 6.44. The number of nitrogens with zero attached hydrogens (tertiary/aromatic N) is 1. The smallest absolute Gasteiger partial charge is 0.272 e. The number of nitrogens with one attached hydrogen (secondary N) is 2. The summed E-state index contributed by atoms with van der Waals surface area (Å²) in [5.41, 5.74) is 1.02. The van der Waals surface area contributed by atoms with Crippen molar-refractivity contribution >= 4 is 17.3 Å². The van der Waals surface area contributed by atoms with Crippen LogP contribution in [0.1, 0.15) is 33.3 Å². The number of aryl methyl sites for hydroxylation is 1. The van der Waals surface area contributed by atoms with Gasteiger partial charge in [-0.1, -0.05) is 0 Å². The van der Waals surface area contributed by atoms with E-state index in [0.717, 1.165) is 0 Å². The second-order valence-electron chi connectivity index (χ2n) is 5.86. The Kier molecular flexibility index (Phi) is 4.70. The summed E-state index contributed by atoms with van der Waals surface area (Å²) < 4.78 is 0. The number of anilines is 1. The first-order chi connectivity index (χ1) is 9.10. The Morgan fingerprint density at radius 3 is 2.40 bits per heavy atom. The van der Waals surface area contributed by atoms with Crippen LogP contribution in [0.3, 0.4) is 0 Å². The minimum Gasteiger partial charge on any atom is -0.374 e. The molecule has 0 aliphatic carbocycles. The molecule has 0 aliphatic rings. The lowest BCUT2D eigenvalue weighted by molar-refractivity contribution is -0.385. The summed E-state index contributed by atoms with van der Waals surface area (Å²) in [5, 5.41) is 16.7. The molecule has 6 nitrogen and oxygen atoms in total. The molecule has 0 bridgehead atoms. The molecule has 0 fully saturated rings. The van der Waals surface area contributed by atoms with Crippen LogP contribution in [0.15, 0.2) is 18.2 Å². The molecule has 0 aliphatic heterocycles. The van der Waals surface area contributed by atoms with Crippen molar-refractivity contribution in [3.05, 3.63) is 33.9 Å². The van der Waals surface area contributed by atoms with Crippen molar-refractivity contribution in [3.63, 3.8) is 0 Å². The first-order valence-corrected chi connectivity index (χ1v) is 6.44. The minimum absolute atomic E-state index is 0.0716. The van der Waals surface area contributed by atoms with E-state index < -0.39 is 11.0 Å². The summed E-state index contributed by atoms with van der Waals surface area (Å²) >= 11 is 0. The van der Waals surface area contributed by atoms with Gasteiger partial charge in [0, 0.05) is 22.9 Å². The van der Waals surface area contributed by atoms with E-state index in [1.54, 1.807) is 26.0 Å². The summed E-state index contributed by atoms with van der Waals surface area (Å²) in [5.74, 6) is -0.117. The maximum atomic E-state index is 11.9. The van der Waals surface area contributed by atoms with Crippen molar-refractivity contribution in [3.8, 4) is 0 Å². The van der Waals surface area contributed by atoms with Gasteiger partial charge in [0.1, 0.15) is 6.04 Å². The van der Waals surface area contributed by atoms with Gasteiger partial charge in [0.25, 0.3) is 5.69 Å². The van der Waals surface area contributed by atoms with Crippen LogP contribution in [0.4, 0.5) is 11.4 Å². The number of amides is 1. The molecule has 0 spiro atoms. The Hall–Kier alpha value is -2.11. The molecule has 1 rings (SSSR count). The van der Waals surface area contributed by atoms with Crippen LogP contribution in [0.2, 0.25) is 0 Å². The first kappa shape index (κ1) is 15.9. The van der Waals surface area contributed by atoms with Crippen molar-refractivity contribution in [2.75, 3.05) is 5.32 Å². The van der Waals surface area contributed by atoms with E-state index in [0.29, 0.717) is 11.3 Å². The van der Waals surface area contributed by atoms with Gasteiger partial charge >= 0.3 is 0 Å². The van der Waals surface area contributed by atoms with Gasteiger partial charge in [-0.05, 0) is 46.8 Å². The van der Waals surface area contributed by atoms with Crippen LogP contribution < -0.4 is 10.6 Å². The fraction of sp³-hybridized carbons (Fsp3) is 0.500. The van der Waals surface area contributed by atoms with Gasteiger partial charge in [-0.25, -0.2) is 0 Å². The Bertz CT molecular complexity index is 521. The molecular formula is C14H21N3O3. The van der Waals surface area contributed by atoms with Gasteiger partial charge in [0.15, 0.2) is 0 Å². The third kappa shape index (κ3) is 4.53. The number of carbonyl (C=O) groups excluding carboxylic acids is 1. The highest BCUT2D eigenvalue weighted by Crippen LogP contribution is 2.22. The number of hydrogen-bond acceptors (Lipinski definition) is 4. The third-order valence-corrected chi connectivity index (χ3v) is 2.67. The van der Waals surface area contributed by atoms with Gasteiger partial charge in [-0.15, -0.1) is 0 Å². The Morgan fingerprint density at radius 2 is 1.95 bits per heavy atom. The standard InChI is InChI=1S/C14H21N3O3/c1-9-8-11(6-7-12(9)17(19)20)15-10(2)13(18)16-14(3,4)5/h6-8,10,15H,1-5H3,(H,16,18)/t10-/m0/s1. The van der Waals surface area contributed by atoms with Crippen LogP contribution in [-0.2, 0) is 4.79 Å². The quantitative estimate of drug-likeness (QED) is 0.655. The Labute approximate surface area is 118 Å². The van der Waals surface area contributed by atoms with Gasteiger partial charge in [0.2, 0.25) is 5.91 Å². The summed E-state index contributed by atoms with van der Waals surface area (Å²) in [6.45, 7) is 9.15. The van der Waals surface area contributed by atoms with Crippen molar-refractivity contribution < 1.29 is 9.72 Å². The number of hydrogen-bond donors (Lipinski definition) is 2. The van der Waals surface area contributed by atoms with E-state index in [1.807, 2.05) is 20.8 Å².